The number of carbonyl (C=O) groups excluding carboxylic acids is 1. The molecule has 31 heavy (non-hydrogen) atoms. The highest BCUT2D eigenvalue weighted by Gasteiger charge is 2.26. The molecule has 0 saturated carbocycles. The second kappa shape index (κ2) is 8.78. The van der Waals surface area contributed by atoms with Crippen molar-refractivity contribution in [2.45, 2.75) is 25.7 Å². The molecule has 1 saturated heterocycles. The minimum atomic E-state index is -4.08. The molecule has 164 valence electrons. The number of nitrogens with zero attached hydrogens (tertiary/aromatic N) is 2. The third-order valence-electron chi connectivity index (χ3n) is 5.79. The van der Waals surface area contributed by atoms with E-state index >= 15 is 0 Å². The maximum absolute atomic E-state index is 12.0. The van der Waals surface area contributed by atoms with Gasteiger partial charge in [0.15, 0.2) is 0 Å². The van der Waals surface area contributed by atoms with Gasteiger partial charge in [0.25, 0.3) is 0 Å². The third kappa shape index (κ3) is 4.48. The van der Waals surface area contributed by atoms with Crippen LogP contribution in [0.15, 0.2) is 42.1 Å². The maximum atomic E-state index is 12.0. The molecule has 1 aliphatic carbocycles. The first-order valence-electron chi connectivity index (χ1n) is 10.2. The monoisotopic (exact) mass is 443 g/mol. The number of carbonyl (C=O) groups is 1. The van der Waals surface area contributed by atoms with E-state index in [1.165, 1.54) is 5.57 Å². The second-order valence-electron chi connectivity index (χ2n) is 7.55. The predicted octanol–water partition coefficient (Wildman–Crippen LogP) is 1.83. The number of likely N-dealkylation sites (tertiary alicyclic amines) is 1. The van der Waals surface area contributed by atoms with Crippen molar-refractivity contribution in [3.05, 3.63) is 64.5 Å². The highest BCUT2D eigenvalue weighted by molar-refractivity contribution is 7.82. The van der Waals surface area contributed by atoms with Crippen LogP contribution < -0.4 is 9.92 Å². The lowest BCUT2D eigenvalue weighted by molar-refractivity contribution is -0.130. The molecule has 0 bridgehead atoms. The van der Waals surface area contributed by atoms with Crippen LogP contribution >= 0.6 is 0 Å². The van der Waals surface area contributed by atoms with Crippen molar-refractivity contribution in [3.8, 4) is 5.75 Å². The summed E-state index contributed by atoms with van der Waals surface area (Å²) in [5.74, 6) is 0.178. The SMILES string of the molecule is COS(=O)(=O)Oc1ccc2c(c1)CCc1cccnc1C2=C1CCN(C(=O)CN)CC1. The average Bonchev–Trinajstić information content (AvgIpc) is 2.95. The first-order chi connectivity index (χ1) is 14.9. The molecule has 1 aromatic heterocycles. The summed E-state index contributed by atoms with van der Waals surface area (Å²) in [5, 5.41) is 0. The largest absolute Gasteiger partial charge is 0.448 e. The van der Waals surface area contributed by atoms with Crippen LogP contribution in [0.2, 0.25) is 0 Å². The van der Waals surface area contributed by atoms with E-state index in [-0.39, 0.29) is 18.2 Å². The van der Waals surface area contributed by atoms with Crippen molar-refractivity contribution in [2.75, 3.05) is 26.7 Å². The Kier molecular flexibility index (Phi) is 6.08. The molecule has 1 aromatic carbocycles. The Morgan fingerprint density at radius 3 is 2.58 bits per heavy atom. The van der Waals surface area contributed by atoms with Crippen LogP contribution in [0.5, 0.6) is 5.75 Å². The van der Waals surface area contributed by atoms with E-state index in [1.807, 2.05) is 12.1 Å². The summed E-state index contributed by atoms with van der Waals surface area (Å²) in [7, 11) is -3.02. The van der Waals surface area contributed by atoms with Gasteiger partial charge in [-0.3, -0.25) is 9.78 Å². The smallest absolute Gasteiger partial charge is 0.362 e. The number of piperidine rings is 1. The highest BCUT2D eigenvalue weighted by Crippen LogP contribution is 2.38. The quantitative estimate of drug-likeness (QED) is 0.767. The van der Waals surface area contributed by atoms with Crippen molar-refractivity contribution < 1.29 is 21.6 Å². The van der Waals surface area contributed by atoms with Crippen LogP contribution in [0.1, 0.15) is 35.2 Å². The number of aryl methyl sites for hydroxylation is 2. The third-order valence-corrected chi connectivity index (χ3v) is 6.59. The minimum Gasteiger partial charge on any atom is -0.362 e. The molecular formula is C22H25N3O5S. The van der Waals surface area contributed by atoms with E-state index in [4.69, 9.17) is 14.9 Å². The molecule has 0 atom stereocenters. The number of fused-ring (bicyclic) bond motifs is 2. The van der Waals surface area contributed by atoms with Crippen molar-refractivity contribution >= 4 is 21.9 Å². The normalized spacial score (nSPS) is 16.4. The van der Waals surface area contributed by atoms with E-state index in [0.29, 0.717) is 13.1 Å². The Morgan fingerprint density at radius 1 is 1.13 bits per heavy atom. The Morgan fingerprint density at radius 2 is 1.87 bits per heavy atom. The molecule has 9 heteroatoms. The van der Waals surface area contributed by atoms with E-state index in [0.717, 1.165) is 60.8 Å². The van der Waals surface area contributed by atoms with Crippen LogP contribution in [0.25, 0.3) is 5.57 Å². The maximum Gasteiger partial charge on any atom is 0.448 e. The van der Waals surface area contributed by atoms with Gasteiger partial charge in [-0.15, -0.1) is 0 Å². The van der Waals surface area contributed by atoms with Crippen LogP contribution in [0, 0.1) is 0 Å². The molecule has 0 spiro atoms. The minimum absolute atomic E-state index is 0.0201. The van der Waals surface area contributed by atoms with Gasteiger partial charge < -0.3 is 14.8 Å². The number of pyridine rings is 1. The standard InChI is InChI=1S/C22H25N3O5S/c1-29-31(27,28)30-18-6-7-19-17(13-18)5-4-16-3-2-10-24-22(16)21(19)15-8-11-25(12-9-15)20(26)14-23/h2-3,6-7,10,13H,4-5,8-9,11-12,14,23H2,1H3. The summed E-state index contributed by atoms with van der Waals surface area (Å²) in [6.45, 7) is 1.27. The van der Waals surface area contributed by atoms with Crippen molar-refractivity contribution in [2.24, 2.45) is 5.73 Å². The summed E-state index contributed by atoms with van der Waals surface area (Å²) in [6.07, 6.45) is 4.79. The molecule has 0 unspecified atom stereocenters. The number of hydrogen-bond donors (Lipinski definition) is 1. The number of benzene rings is 1. The van der Waals surface area contributed by atoms with Gasteiger partial charge in [0.1, 0.15) is 5.75 Å². The van der Waals surface area contributed by atoms with Gasteiger partial charge in [-0.2, -0.15) is 8.42 Å². The van der Waals surface area contributed by atoms with E-state index in [1.54, 1.807) is 23.2 Å². The fraction of sp³-hybridized carbons (Fsp3) is 0.364. The van der Waals surface area contributed by atoms with Crippen LogP contribution in [0.3, 0.4) is 0 Å². The Labute approximate surface area is 182 Å². The molecule has 4 rings (SSSR count). The zero-order valence-corrected chi connectivity index (χ0v) is 18.2. The molecule has 2 aliphatic rings. The molecule has 1 aliphatic heterocycles. The predicted molar refractivity (Wildman–Crippen MR) is 116 cm³/mol. The zero-order valence-electron chi connectivity index (χ0n) is 17.3. The molecular weight excluding hydrogens is 418 g/mol. The van der Waals surface area contributed by atoms with Gasteiger partial charge in [-0.1, -0.05) is 17.7 Å². The van der Waals surface area contributed by atoms with Gasteiger partial charge >= 0.3 is 10.4 Å². The van der Waals surface area contributed by atoms with Crippen molar-refractivity contribution in [1.82, 2.24) is 9.88 Å². The number of amides is 1. The van der Waals surface area contributed by atoms with Gasteiger partial charge in [-0.05, 0) is 60.6 Å². The number of nitrogens with two attached hydrogens (primary N) is 1. The summed E-state index contributed by atoms with van der Waals surface area (Å²) < 4.78 is 32.8. The lowest BCUT2D eigenvalue weighted by Gasteiger charge is -2.30. The summed E-state index contributed by atoms with van der Waals surface area (Å²) in [6, 6.07) is 9.29. The Hall–Kier alpha value is -2.75. The van der Waals surface area contributed by atoms with Crippen LogP contribution in [0.4, 0.5) is 0 Å². The first-order valence-corrected chi connectivity index (χ1v) is 11.5. The molecule has 8 nitrogen and oxygen atoms in total. The number of hydrogen-bond acceptors (Lipinski definition) is 7. The fourth-order valence-corrected chi connectivity index (χ4v) is 4.66. The fourth-order valence-electron chi connectivity index (χ4n) is 4.25. The Balaban J connectivity index is 1.77. The summed E-state index contributed by atoms with van der Waals surface area (Å²) >= 11 is 0. The summed E-state index contributed by atoms with van der Waals surface area (Å²) in [5.41, 5.74) is 11.9. The van der Waals surface area contributed by atoms with Gasteiger partial charge in [-0.25, -0.2) is 4.18 Å². The van der Waals surface area contributed by atoms with Crippen molar-refractivity contribution in [1.29, 1.82) is 0 Å². The Bertz CT molecular complexity index is 1130. The van der Waals surface area contributed by atoms with Gasteiger partial charge in [0.2, 0.25) is 5.91 Å². The lowest BCUT2D eigenvalue weighted by atomic mass is 9.88. The molecule has 2 N–H and O–H groups in total. The topological polar surface area (TPSA) is 112 Å². The highest BCUT2D eigenvalue weighted by atomic mass is 32.3. The lowest BCUT2D eigenvalue weighted by Crippen LogP contribution is -2.40. The molecule has 2 aromatic rings. The zero-order chi connectivity index (χ0) is 22.0. The molecule has 1 fully saturated rings. The van der Waals surface area contributed by atoms with Gasteiger partial charge in [0, 0.05) is 24.9 Å². The van der Waals surface area contributed by atoms with Gasteiger partial charge in [0.05, 0.1) is 19.3 Å². The first kappa shape index (κ1) is 21.5. The van der Waals surface area contributed by atoms with Crippen LogP contribution in [-0.4, -0.2) is 51.0 Å². The molecule has 1 amide bonds. The second-order valence-corrected chi connectivity index (χ2v) is 8.87. The molecule has 2 heterocycles. The summed E-state index contributed by atoms with van der Waals surface area (Å²) in [4.78, 5) is 18.5. The van der Waals surface area contributed by atoms with E-state index in [2.05, 4.69) is 10.2 Å². The number of rotatable bonds is 4. The molecule has 0 radical (unpaired) electrons. The number of aromatic nitrogens is 1. The van der Waals surface area contributed by atoms with Crippen molar-refractivity contribution in [3.63, 3.8) is 0 Å². The average molecular weight is 444 g/mol. The van der Waals surface area contributed by atoms with E-state index in [9.17, 15) is 13.2 Å². The van der Waals surface area contributed by atoms with Crippen LogP contribution in [-0.2, 0) is 32.2 Å². The van der Waals surface area contributed by atoms with E-state index < -0.39 is 10.4 Å².